The van der Waals surface area contributed by atoms with E-state index in [4.69, 9.17) is 9.47 Å². The number of nitrogens with one attached hydrogen (secondary N) is 2. The Morgan fingerprint density at radius 3 is 2.37 bits per heavy atom. The summed E-state index contributed by atoms with van der Waals surface area (Å²) in [5.74, 6) is 0.380. The van der Waals surface area contributed by atoms with Crippen molar-refractivity contribution in [1.82, 2.24) is 4.90 Å². The number of aliphatic hydroxyl groups excluding tert-OH is 1. The summed E-state index contributed by atoms with van der Waals surface area (Å²) in [6.45, 7) is -0.261. The summed E-state index contributed by atoms with van der Waals surface area (Å²) in [5.41, 5.74) is 0.695. The molecule has 0 aliphatic carbocycles. The van der Waals surface area contributed by atoms with Gasteiger partial charge in [-0.05, 0) is 48.9 Å². The number of carbonyl (C=O) groups is 2. The standard InChI is InChI=1S/C24H26F3N3O5/c1-30(2)21(32)11-16-10-18-17-9-15(7-8-19(17)35-22(18)20(12-31)34-16)29-23(33)28-14-5-3-13(4-6-14)24(25,26)27/h3-9,16,18,20,22,31H,10-12H2,1-2H3,(H2,28,29,33)/t16-,18-,20-,22+/m0/s1. The van der Waals surface area contributed by atoms with Gasteiger partial charge in [-0.1, -0.05) is 0 Å². The van der Waals surface area contributed by atoms with Crippen LogP contribution in [0.4, 0.5) is 29.3 Å². The molecule has 0 radical (unpaired) electrons. The van der Waals surface area contributed by atoms with Gasteiger partial charge in [0.25, 0.3) is 0 Å². The Morgan fingerprint density at radius 1 is 1.09 bits per heavy atom. The van der Waals surface area contributed by atoms with E-state index in [1.165, 1.54) is 17.0 Å². The summed E-state index contributed by atoms with van der Waals surface area (Å²) in [4.78, 5) is 26.1. The number of nitrogens with zero attached hydrogens (tertiary/aromatic N) is 1. The van der Waals surface area contributed by atoms with E-state index < -0.39 is 36.1 Å². The minimum Gasteiger partial charge on any atom is -0.487 e. The molecule has 0 unspecified atom stereocenters. The summed E-state index contributed by atoms with van der Waals surface area (Å²) in [7, 11) is 3.33. The van der Waals surface area contributed by atoms with Gasteiger partial charge in [0, 0.05) is 37.0 Å². The van der Waals surface area contributed by atoms with Crippen LogP contribution in [0, 0.1) is 0 Å². The van der Waals surface area contributed by atoms with Gasteiger partial charge in [0.15, 0.2) is 0 Å². The third-order valence-corrected chi connectivity index (χ3v) is 6.13. The normalized spacial score (nSPS) is 23.0. The second-order valence-corrected chi connectivity index (χ2v) is 8.80. The monoisotopic (exact) mass is 493 g/mol. The van der Waals surface area contributed by atoms with Crippen LogP contribution < -0.4 is 15.4 Å². The molecule has 0 aromatic heterocycles. The largest absolute Gasteiger partial charge is 0.487 e. The van der Waals surface area contributed by atoms with E-state index in [0.717, 1.165) is 17.7 Å². The molecule has 1 saturated heterocycles. The predicted molar refractivity (Wildman–Crippen MR) is 121 cm³/mol. The minimum atomic E-state index is -4.46. The fourth-order valence-corrected chi connectivity index (χ4v) is 4.38. The zero-order chi connectivity index (χ0) is 25.3. The zero-order valence-corrected chi connectivity index (χ0v) is 19.1. The molecule has 4 atom stereocenters. The number of fused-ring (bicyclic) bond motifs is 3. The third kappa shape index (κ3) is 5.51. The number of urea groups is 1. The number of hydrogen-bond acceptors (Lipinski definition) is 5. The summed E-state index contributed by atoms with van der Waals surface area (Å²) >= 11 is 0. The molecule has 188 valence electrons. The number of hydrogen-bond donors (Lipinski definition) is 3. The Balaban J connectivity index is 1.45. The van der Waals surface area contributed by atoms with Crippen molar-refractivity contribution < 1.29 is 37.3 Å². The Hall–Kier alpha value is -3.31. The highest BCUT2D eigenvalue weighted by molar-refractivity contribution is 5.99. The van der Waals surface area contributed by atoms with Gasteiger partial charge < -0.3 is 30.1 Å². The fraction of sp³-hybridized carbons (Fsp3) is 0.417. The van der Waals surface area contributed by atoms with E-state index in [1.54, 1.807) is 32.3 Å². The molecule has 35 heavy (non-hydrogen) atoms. The Morgan fingerprint density at radius 2 is 1.74 bits per heavy atom. The molecule has 8 nitrogen and oxygen atoms in total. The number of aliphatic hydroxyl groups is 1. The molecule has 0 bridgehead atoms. The second kappa shape index (κ2) is 9.74. The summed E-state index contributed by atoms with van der Waals surface area (Å²) in [5, 5.41) is 15.0. The second-order valence-electron chi connectivity index (χ2n) is 8.80. The van der Waals surface area contributed by atoms with Crippen molar-refractivity contribution in [3.05, 3.63) is 53.6 Å². The molecule has 2 heterocycles. The highest BCUT2D eigenvalue weighted by Gasteiger charge is 2.46. The van der Waals surface area contributed by atoms with Gasteiger partial charge in [0.05, 0.1) is 24.7 Å². The van der Waals surface area contributed by atoms with Gasteiger partial charge in [-0.15, -0.1) is 0 Å². The molecule has 2 aliphatic rings. The molecular formula is C24H26F3N3O5. The Labute approximate surface area is 200 Å². The Kier molecular flexibility index (Phi) is 6.91. The number of alkyl halides is 3. The number of halogens is 3. The SMILES string of the molecule is CN(C)C(=O)C[C@@H]1C[C@H]2c3cc(NC(=O)Nc4ccc(C(F)(F)F)cc4)ccc3O[C@H]2[C@H](CO)O1. The maximum absolute atomic E-state index is 12.7. The minimum absolute atomic E-state index is 0.0837. The molecule has 0 saturated carbocycles. The molecule has 3 amide bonds. The summed E-state index contributed by atoms with van der Waals surface area (Å²) < 4.78 is 50.1. The molecule has 2 aromatic rings. The number of benzene rings is 2. The lowest BCUT2D eigenvalue weighted by Crippen LogP contribution is -2.47. The third-order valence-electron chi connectivity index (χ3n) is 6.13. The highest BCUT2D eigenvalue weighted by Crippen LogP contribution is 2.47. The van der Waals surface area contributed by atoms with Crippen molar-refractivity contribution in [2.75, 3.05) is 31.3 Å². The first-order valence-corrected chi connectivity index (χ1v) is 11.1. The van der Waals surface area contributed by atoms with Crippen molar-refractivity contribution in [1.29, 1.82) is 0 Å². The van der Waals surface area contributed by atoms with Crippen molar-refractivity contribution in [3.63, 3.8) is 0 Å². The van der Waals surface area contributed by atoms with Gasteiger partial charge >= 0.3 is 12.2 Å². The lowest BCUT2D eigenvalue weighted by Gasteiger charge is -2.37. The van der Waals surface area contributed by atoms with Crippen LogP contribution in [-0.4, -0.2) is 61.0 Å². The van der Waals surface area contributed by atoms with Crippen LogP contribution in [0.15, 0.2) is 42.5 Å². The first kappa shape index (κ1) is 24.8. The van der Waals surface area contributed by atoms with Gasteiger partial charge in [-0.25, -0.2) is 4.79 Å². The number of anilines is 2. The van der Waals surface area contributed by atoms with Crippen LogP contribution >= 0.6 is 0 Å². The smallest absolute Gasteiger partial charge is 0.416 e. The molecule has 2 aliphatic heterocycles. The summed E-state index contributed by atoms with van der Waals surface area (Å²) in [6, 6.07) is 8.63. The van der Waals surface area contributed by atoms with Gasteiger partial charge in [0.1, 0.15) is 18.0 Å². The van der Waals surface area contributed by atoms with Crippen LogP contribution in [0.3, 0.4) is 0 Å². The van der Waals surface area contributed by atoms with Crippen molar-refractivity contribution >= 4 is 23.3 Å². The van der Waals surface area contributed by atoms with E-state index in [0.29, 0.717) is 17.9 Å². The lowest BCUT2D eigenvalue weighted by atomic mass is 9.84. The van der Waals surface area contributed by atoms with E-state index in [1.807, 2.05) is 0 Å². The van der Waals surface area contributed by atoms with E-state index >= 15 is 0 Å². The number of amides is 3. The molecule has 3 N–H and O–H groups in total. The summed E-state index contributed by atoms with van der Waals surface area (Å²) in [6.07, 6.45) is -5.18. The van der Waals surface area contributed by atoms with Crippen molar-refractivity contribution in [3.8, 4) is 5.75 Å². The fourth-order valence-electron chi connectivity index (χ4n) is 4.38. The van der Waals surface area contributed by atoms with Crippen LogP contribution in [0.2, 0.25) is 0 Å². The Bertz CT molecular complexity index is 1090. The quantitative estimate of drug-likeness (QED) is 0.588. The molecule has 0 spiro atoms. The van der Waals surface area contributed by atoms with Gasteiger partial charge in [-0.2, -0.15) is 13.2 Å². The number of ether oxygens (including phenoxy) is 2. The zero-order valence-electron chi connectivity index (χ0n) is 19.1. The van der Waals surface area contributed by atoms with E-state index in [9.17, 15) is 27.9 Å². The van der Waals surface area contributed by atoms with Crippen molar-refractivity contribution in [2.45, 2.75) is 43.2 Å². The maximum atomic E-state index is 12.7. The predicted octanol–water partition coefficient (Wildman–Crippen LogP) is 3.82. The molecule has 2 aromatic carbocycles. The van der Waals surface area contributed by atoms with Crippen LogP contribution in [0.5, 0.6) is 5.75 Å². The average molecular weight is 493 g/mol. The topological polar surface area (TPSA) is 100 Å². The molecule has 11 heteroatoms. The van der Waals surface area contributed by atoms with Gasteiger partial charge in [0.2, 0.25) is 5.91 Å². The van der Waals surface area contributed by atoms with E-state index in [-0.39, 0.29) is 30.5 Å². The lowest BCUT2D eigenvalue weighted by molar-refractivity contribution is -0.147. The number of rotatable bonds is 5. The maximum Gasteiger partial charge on any atom is 0.416 e. The average Bonchev–Trinajstić information content (AvgIpc) is 3.16. The molecule has 4 rings (SSSR count). The van der Waals surface area contributed by atoms with E-state index in [2.05, 4.69) is 10.6 Å². The number of carbonyl (C=O) groups excluding carboxylic acids is 2. The van der Waals surface area contributed by atoms with Crippen LogP contribution in [0.25, 0.3) is 0 Å². The first-order valence-electron chi connectivity index (χ1n) is 11.1. The van der Waals surface area contributed by atoms with Gasteiger partial charge in [-0.3, -0.25) is 4.79 Å². The first-order chi connectivity index (χ1) is 16.5. The van der Waals surface area contributed by atoms with Crippen LogP contribution in [-0.2, 0) is 15.7 Å². The molecule has 1 fully saturated rings. The van der Waals surface area contributed by atoms with Crippen LogP contribution in [0.1, 0.15) is 29.9 Å². The molecular weight excluding hydrogens is 467 g/mol. The van der Waals surface area contributed by atoms with Crippen molar-refractivity contribution in [2.24, 2.45) is 0 Å². The highest BCUT2D eigenvalue weighted by atomic mass is 19.4.